The number of phenolic OH excluding ortho intramolecular Hbond substituents is 2. The number of para-hydroxylation sites is 4. The van der Waals surface area contributed by atoms with Gasteiger partial charge in [0.2, 0.25) is 0 Å². The Morgan fingerprint density at radius 2 is 0.767 bits per heavy atom. The zero-order chi connectivity index (χ0) is 30.0. The van der Waals surface area contributed by atoms with E-state index < -0.39 is 0 Å². The predicted molar refractivity (Wildman–Crippen MR) is 162 cm³/mol. The van der Waals surface area contributed by atoms with Crippen molar-refractivity contribution in [2.45, 2.75) is 13.1 Å². The molecule has 0 unspecified atom stereocenters. The Labute approximate surface area is 252 Å². The van der Waals surface area contributed by atoms with Crippen LogP contribution in [0.15, 0.2) is 60.7 Å². The van der Waals surface area contributed by atoms with E-state index in [2.05, 4.69) is 10.6 Å². The Bertz CT molecular complexity index is 1130. The number of hydrogen-bond acceptors (Lipinski definition) is 11. The minimum atomic E-state index is 0.0803. The SMILES string of the molecule is Oc1c2cccc1OCCOCCOCCOCCOCCOCCOc1cccc(c1O)CNc1ccccc1NC2. The van der Waals surface area contributed by atoms with E-state index in [0.717, 1.165) is 11.4 Å². The maximum absolute atomic E-state index is 10.8. The summed E-state index contributed by atoms with van der Waals surface area (Å²) in [5, 5.41) is 28.4. The van der Waals surface area contributed by atoms with E-state index in [0.29, 0.717) is 115 Å². The average molecular weight is 599 g/mol. The topological polar surface area (TPSA) is 129 Å². The van der Waals surface area contributed by atoms with E-state index in [1.54, 1.807) is 12.1 Å². The fourth-order valence-corrected chi connectivity index (χ4v) is 4.23. The molecule has 0 atom stereocenters. The highest BCUT2D eigenvalue weighted by Gasteiger charge is 2.12. The number of hydrogen-bond donors (Lipinski definition) is 4. The molecule has 11 heteroatoms. The second-order valence-electron chi connectivity index (χ2n) is 9.54. The Hall–Kier alpha value is -3.74. The molecular formula is C32H42N2O9. The molecule has 1 aliphatic rings. The summed E-state index contributed by atoms with van der Waals surface area (Å²) >= 11 is 0. The standard InChI is InChI=1S/C32H42N2O9/c35-31-25-5-3-9-29(31)42-21-19-40-17-15-38-13-11-37-12-14-39-16-18-41-20-22-43-30-10-4-6-26(32(30)36)24-34-28-8-2-1-7-27(28)33-23-25/h1-10,33-36H,11-24H2. The van der Waals surface area contributed by atoms with Crippen molar-refractivity contribution in [1.82, 2.24) is 0 Å². The van der Waals surface area contributed by atoms with Crippen LogP contribution in [0.25, 0.3) is 0 Å². The number of nitrogens with one attached hydrogen (secondary N) is 2. The number of phenols is 2. The van der Waals surface area contributed by atoms with Crippen molar-refractivity contribution < 1.29 is 43.4 Å². The first-order valence-electron chi connectivity index (χ1n) is 14.5. The normalized spacial score (nSPS) is 17.4. The molecule has 43 heavy (non-hydrogen) atoms. The van der Waals surface area contributed by atoms with Crippen LogP contribution in [0, 0.1) is 0 Å². The minimum Gasteiger partial charge on any atom is -0.504 e. The Balaban J connectivity index is 1.36. The highest BCUT2D eigenvalue weighted by molar-refractivity contribution is 5.69. The monoisotopic (exact) mass is 598 g/mol. The number of aromatic hydroxyl groups is 2. The molecule has 0 spiro atoms. The highest BCUT2D eigenvalue weighted by Crippen LogP contribution is 2.33. The molecule has 0 aliphatic carbocycles. The van der Waals surface area contributed by atoms with Gasteiger partial charge >= 0.3 is 0 Å². The van der Waals surface area contributed by atoms with Gasteiger partial charge in [-0.05, 0) is 24.3 Å². The van der Waals surface area contributed by atoms with Gasteiger partial charge in [-0.25, -0.2) is 0 Å². The largest absolute Gasteiger partial charge is 0.504 e. The molecule has 1 aliphatic heterocycles. The molecule has 0 radical (unpaired) electrons. The van der Waals surface area contributed by atoms with E-state index in [4.69, 9.17) is 33.2 Å². The molecule has 3 aromatic rings. The van der Waals surface area contributed by atoms with Crippen LogP contribution in [0.5, 0.6) is 23.0 Å². The van der Waals surface area contributed by atoms with Crippen molar-refractivity contribution in [3.63, 3.8) is 0 Å². The molecule has 0 saturated carbocycles. The lowest BCUT2D eigenvalue weighted by molar-refractivity contribution is -0.0142. The van der Waals surface area contributed by atoms with Gasteiger partial charge in [0.05, 0.1) is 77.4 Å². The van der Waals surface area contributed by atoms with E-state index >= 15 is 0 Å². The average Bonchev–Trinajstić information content (AvgIpc) is 3.02. The third-order valence-corrected chi connectivity index (χ3v) is 6.49. The smallest absolute Gasteiger partial charge is 0.162 e. The van der Waals surface area contributed by atoms with Gasteiger partial charge < -0.3 is 54.0 Å². The van der Waals surface area contributed by atoms with Crippen LogP contribution in [0.2, 0.25) is 0 Å². The molecular weight excluding hydrogens is 556 g/mol. The van der Waals surface area contributed by atoms with Crippen molar-refractivity contribution >= 4 is 11.4 Å². The van der Waals surface area contributed by atoms with E-state index in [1.807, 2.05) is 48.5 Å². The summed E-state index contributed by atoms with van der Waals surface area (Å²) in [4.78, 5) is 0. The van der Waals surface area contributed by atoms with Crippen LogP contribution in [0.4, 0.5) is 11.4 Å². The molecule has 0 fully saturated rings. The van der Waals surface area contributed by atoms with Crippen LogP contribution in [0.3, 0.4) is 0 Å². The van der Waals surface area contributed by atoms with Gasteiger partial charge in [0.15, 0.2) is 23.0 Å². The molecule has 1 heterocycles. The van der Waals surface area contributed by atoms with Crippen LogP contribution in [0.1, 0.15) is 11.1 Å². The fraction of sp³-hybridized carbons (Fsp3) is 0.438. The second-order valence-corrected chi connectivity index (χ2v) is 9.54. The lowest BCUT2D eigenvalue weighted by Crippen LogP contribution is -2.15. The number of rotatable bonds is 0. The van der Waals surface area contributed by atoms with Crippen LogP contribution >= 0.6 is 0 Å². The van der Waals surface area contributed by atoms with E-state index in [-0.39, 0.29) is 11.5 Å². The zero-order valence-electron chi connectivity index (χ0n) is 24.4. The third-order valence-electron chi connectivity index (χ3n) is 6.49. The summed E-state index contributed by atoms with van der Waals surface area (Å²) in [6, 6.07) is 18.6. The summed E-state index contributed by atoms with van der Waals surface area (Å²) in [7, 11) is 0. The van der Waals surface area contributed by atoms with E-state index in [9.17, 15) is 10.2 Å². The van der Waals surface area contributed by atoms with Crippen molar-refractivity contribution in [3.05, 3.63) is 71.8 Å². The van der Waals surface area contributed by atoms with Crippen LogP contribution in [-0.4, -0.2) is 89.5 Å². The first-order chi connectivity index (χ1) is 21.2. The number of benzene rings is 3. The maximum Gasteiger partial charge on any atom is 0.162 e. The van der Waals surface area contributed by atoms with Gasteiger partial charge in [-0.3, -0.25) is 0 Å². The molecule has 4 bridgehead atoms. The summed E-state index contributed by atoms with van der Waals surface area (Å²) in [5.74, 6) is 0.950. The third kappa shape index (κ3) is 11.1. The number of fused-ring (bicyclic) bond motifs is 5. The van der Waals surface area contributed by atoms with Crippen molar-refractivity contribution in [2.75, 3.05) is 89.9 Å². The fourth-order valence-electron chi connectivity index (χ4n) is 4.23. The van der Waals surface area contributed by atoms with Gasteiger partial charge in [-0.15, -0.1) is 0 Å². The van der Waals surface area contributed by atoms with Gasteiger partial charge in [-0.2, -0.15) is 0 Å². The second kappa shape index (κ2) is 18.7. The Kier molecular flexibility index (Phi) is 14.0. The first-order valence-corrected chi connectivity index (χ1v) is 14.5. The molecule has 3 aromatic carbocycles. The molecule has 4 N–H and O–H groups in total. The van der Waals surface area contributed by atoms with Crippen LogP contribution < -0.4 is 20.1 Å². The number of anilines is 2. The van der Waals surface area contributed by atoms with Gasteiger partial charge in [0, 0.05) is 24.2 Å². The molecule has 0 saturated heterocycles. The molecule has 11 nitrogen and oxygen atoms in total. The van der Waals surface area contributed by atoms with Gasteiger partial charge in [0.25, 0.3) is 0 Å². The van der Waals surface area contributed by atoms with Crippen LogP contribution in [-0.2, 0) is 36.8 Å². The maximum atomic E-state index is 10.8. The molecule has 0 amide bonds. The molecule has 0 aromatic heterocycles. The zero-order valence-corrected chi connectivity index (χ0v) is 24.4. The van der Waals surface area contributed by atoms with Crippen molar-refractivity contribution in [3.8, 4) is 23.0 Å². The predicted octanol–water partition coefficient (Wildman–Crippen LogP) is 4.18. The van der Waals surface area contributed by atoms with Crippen molar-refractivity contribution in [2.24, 2.45) is 0 Å². The van der Waals surface area contributed by atoms with E-state index in [1.165, 1.54) is 0 Å². The summed E-state index contributed by atoms with van der Waals surface area (Å²) in [6.45, 7) is 5.74. The minimum absolute atomic E-state index is 0.0803. The Morgan fingerprint density at radius 3 is 1.14 bits per heavy atom. The molecule has 234 valence electrons. The lowest BCUT2D eigenvalue weighted by atomic mass is 10.1. The summed E-state index contributed by atoms with van der Waals surface area (Å²) in [5.41, 5.74) is 3.08. The first kappa shape index (κ1) is 32.2. The van der Waals surface area contributed by atoms with Gasteiger partial charge in [-0.1, -0.05) is 36.4 Å². The molecule has 4 rings (SSSR count). The van der Waals surface area contributed by atoms with Crippen molar-refractivity contribution in [1.29, 1.82) is 0 Å². The summed E-state index contributed by atoms with van der Waals surface area (Å²) < 4.78 is 39.1. The number of ether oxygens (including phenoxy) is 7. The quantitative estimate of drug-likeness (QED) is 0.298. The summed E-state index contributed by atoms with van der Waals surface area (Å²) in [6.07, 6.45) is 0. The lowest BCUT2D eigenvalue weighted by Gasteiger charge is -2.17. The Morgan fingerprint density at radius 1 is 0.419 bits per heavy atom. The highest BCUT2D eigenvalue weighted by atomic mass is 16.6. The van der Waals surface area contributed by atoms with Gasteiger partial charge in [0.1, 0.15) is 13.2 Å².